The minimum atomic E-state index is -0.527. The number of ether oxygens (including phenoxy) is 3. The van der Waals surface area contributed by atoms with Crippen molar-refractivity contribution < 1.29 is 32.6 Å². The second-order valence-corrected chi connectivity index (χ2v) is 7.92. The van der Waals surface area contributed by atoms with Crippen LogP contribution in [0.5, 0.6) is 0 Å². The van der Waals surface area contributed by atoms with E-state index in [4.69, 9.17) is 14.2 Å². The summed E-state index contributed by atoms with van der Waals surface area (Å²) in [6.07, 6.45) is 2.07. The van der Waals surface area contributed by atoms with Crippen molar-refractivity contribution >= 4 is 11.9 Å². The van der Waals surface area contributed by atoms with Crippen molar-refractivity contribution in [3.63, 3.8) is 0 Å². The van der Waals surface area contributed by atoms with Gasteiger partial charge in [0.1, 0.15) is 11.6 Å². The quantitative estimate of drug-likeness (QED) is 0.223. The molecule has 5 nitrogen and oxygen atoms in total. The number of hydrogen-bond donors (Lipinski definition) is 0. The van der Waals surface area contributed by atoms with E-state index >= 15 is 0 Å². The molecule has 0 unspecified atom stereocenters. The standard InChI is InChI=1S/C27H30F2O5/c1-18(2)26(30)33-13-5-7-20-9-11-22(24(28)15-20)23-12-10-21(16-25(23)29)8-6-14-34-27(31)19(3)17-32-4/h9-12,15-16H,1,3,5-8,13-14,17H2,2,4H3. The van der Waals surface area contributed by atoms with Crippen LogP contribution in [0.1, 0.15) is 30.9 Å². The Morgan fingerprint density at radius 1 is 0.824 bits per heavy atom. The van der Waals surface area contributed by atoms with Gasteiger partial charge in [0, 0.05) is 23.8 Å². The first-order chi connectivity index (χ1) is 16.2. The highest BCUT2D eigenvalue weighted by atomic mass is 19.1. The van der Waals surface area contributed by atoms with Crippen LogP contribution in [0.2, 0.25) is 0 Å². The van der Waals surface area contributed by atoms with E-state index in [2.05, 4.69) is 13.2 Å². The van der Waals surface area contributed by atoms with Crippen LogP contribution >= 0.6 is 0 Å². The lowest BCUT2D eigenvalue weighted by molar-refractivity contribution is -0.140. The summed E-state index contributed by atoms with van der Waals surface area (Å²) >= 11 is 0. The molecule has 34 heavy (non-hydrogen) atoms. The maximum atomic E-state index is 14.7. The maximum absolute atomic E-state index is 14.7. The summed E-state index contributed by atoms with van der Waals surface area (Å²) in [6.45, 7) is 9.15. The summed E-state index contributed by atoms with van der Waals surface area (Å²) in [6, 6.07) is 9.30. The lowest BCUT2D eigenvalue weighted by atomic mass is 9.99. The van der Waals surface area contributed by atoms with Crippen molar-refractivity contribution in [1.29, 1.82) is 0 Å². The van der Waals surface area contributed by atoms with Gasteiger partial charge in [-0.05, 0) is 55.9 Å². The molecule has 0 radical (unpaired) electrons. The number of hydrogen-bond acceptors (Lipinski definition) is 5. The molecule has 0 aliphatic rings. The van der Waals surface area contributed by atoms with E-state index in [0.717, 1.165) is 5.56 Å². The number of rotatable bonds is 13. The van der Waals surface area contributed by atoms with Crippen molar-refractivity contribution in [2.45, 2.75) is 32.6 Å². The fourth-order valence-electron chi connectivity index (χ4n) is 3.21. The van der Waals surface area contributed by atoms with E-state index in [9.17, 15) is 18.4 Å². The Bertz CT molecular complexity index is 1050. The average Bonchev–Trinajstić information content (AvgIpc) is 2.80. The number of halogens is 2. The molecule has 0 amide bonds. The molecule has 0 aliphatic carbocycles. The largest absolute Gasteiger partial charge is 0.462 e. The average molecular weight is 473 g/mol. The van der Waals surface area contributed by atoms with Gasteiger partial charge in [-0.1, -0.05) is 37.4 Å². The Hall–Kier alpha value is -3.32. The van der Waals surface area contributed by atoms with Crippen LogP contribution in [0.15, 0.2) is 60.7 Å². The van der Waals surface area contributed by atoms with Gasteiger partial charge in [-0.25, -0.2) is 18.4 Å². The van der Waals surface area contributed by atoms with Crippen LogP contribution in [0, 0.1) is 11.6 Å². The van der Waals surface area contributed by atoms with Crippen LogP contribution in [0.4, 0.5) is 8.78 Å². The highest BCUT2D eigenvalue weighted by Crippen LogP contribution is 2.27. The zero-order valence-electron chi connectivity index (χ0n) is 19.6. The van der Waals surface area contributed by atoms with Gasteiger partial charge >= 0.3 is 11.9 Å². The fraction of sp³-hybridized carbons (Fsp3) is 0.333. The summed E-state index contributed by atoms with van der Waals surface area (Å²) < 4.78 is 44.3. The van der Waals surface area contributed by atoms with Crippen LogP contribution in [-0.2, 0) is 36.6 Å². The Labute approximate surface area is 199 Å². The molecule has 0 fully saturated rings. The van der Waals surface area contributed by atoms with Gasteiger partial charge in [-0.3, -0.25) is 0 Å². The van der Waals surface area contributed by atoms with Gasteiger partial charge in [-0.15, -0.1) is 0 Å². The second kappa shape index (κ2) is 13.4. The van der Waals surface area contributed by atoms with Gasteiger partial charge < -0.3 is 14.2 Å². The van der Waals surface area contributed by atoms with Gasteiger partial charge in [0.15, 0.2) is 0 Å². The number of aryl methyl sites for hydroxylation is 2. The molecule has 7 heteroatoms. The molecule has 2 aromatic rings. The predicted molar refractivity (Wildman–Crippen MR) is 126 cm³/mol. The molecule has 0 saturated carbocycles. The maximum Gasteiger partial charge on any atom is 0.335 e. The first-order valence-corrected chi connectivity index (χ1v) is 11.0. The fourth-order valence-corrected chi connectivity index (χ4v) is 3.21. The summed E-state index contributed by atoms with van der Waals surface area (Å²) in [5, 5.41) is 0. The van der Waals surface area contributed by atoms with Crippen molar-refractivity contribution in [1.82, 2.24) is 0 Å². The Balaban J connectivity index is 1.90. The monoisotopic (exact) mass is 472 g/mol. The van der Waals surface area contributed by atoms with Gasteiger partial charge in [0.05, 0.1) is 25.4 Å². The molecule has 0 saturated heterocycles. The normalized spacial score (nSPS) is 10.6. The molecule has 0 aliphatic heterocycles. The molecular weight excluding hydrogens is 442 g/mol. The Kier molecular flexibility index (Phi) is 10.6. The third-order valence-corrected chi connectivity index (χ3v) is 5.00. The predicted octanol–water partition coefficient (Wildman–Crippen LogP) is 5.36. The minimum Gasteiger partial charge on any atom is -0.462 e. The smallest absolute Gasteiger partial charge is 0.335 e. The second-order valence-electron chi connectivity index (χ2n) is 7.92. The summed E-state index contributed by atoms with van der Waals surface area (Å²) in [5.41, 5.74) is 2.35. The molecule has 0 N–H and O–H groups in total. The molecule has 0 bridgehead atoms. The lowest BCUT2D eigenvalue weighted by Crippen LogP contribution is -2.12. The van der Waals surface area contributed by atoms with Crippen molar-refractivity contribution in [3.8, 4) is 11.1 Å². The molecule has 2 aromatic carbocycles. The van der Waals surface area contributed by atoms with E-state index in [-0.39, 0.29) is 36.5 Å². The number of methoxy groups -OCH3 is 1. The minimum absolute atomic E-state index is 0.105. The van der Waals surface area contributed by atoms with E-state index in [1.165, 1.54) is 19.2 Å². The van der Waals surface area contributed by atoms with E-state index < -0.39 is 23.6 Å². The molecule has 0 atom stereocenters. The molecule has 2 rings (SSSR count). The first-order valence-electron chi connectivity index (χ1n) is 11.0. The molecular formula is C27H30F2O5. The van der Waals surface area contributed by atoms with Crippen LogP contribution < -0.4 is 0 Å². The third kappa shape index (κ3) is 8.23. The summed E-state index contributed by atoms with van der Waals surface area (Å²) in [5.74, 6) is -2.02. The number of carbonyl (C=O) groups excluding carboxylic acids is 2. The molecule has 0 heterocycles. The van der Waals surface area contributed by atoms with Crippen LogP contribution in [0.3, 0.4) is 0 Å². The zero-order chi connectivity index (χ0) is 25.1. The zero-order valence-corrected chi connectivity index (χ0v) is 19.6. The lowest BCUT2D eigenvalue weighted by Gasteiger charge is -2.10. The van der Waals surface area contributed by atoms with Crippen LogP contribution in [0.25, 0.3) is 11.1 Å². The van der Waals surface area contributed by atoms with Crippen molar-refractivity contribution in [2.75, 3.05) is 26.9 Å². The molecule has 0 aromatic heterocycles. The van der Waals surface area contributed by atoms with Crippen LogP contribution in [-0.4, -0.2) is 38.9 Å². The summed E-state index contributed by atoms with van der Waals surface area (Å²) in [7, 11) is 1.46. The van der Waals surface area contributed by atoms with Gasteiger partial charge in [-0.2, -0.15) is 0 Å². The molecule has 0 spiro atoms. The Morgan fingerprint density at radius 2 is 1.29 bits per heavy atom. The highest BCUT2D eigenvalue weighted by Gasteiger charge is 2.13. The van der Waals surface area contributed by atoms with Crippen molar-refractivity contribution in [3.05, 3.63) is 83.5 Å². The molecule has 182 valence electrons. The number of benzene rings is 2. The SMILES string of the molecule is C=C(C)C(=O)OCCCc1ccc(-c2ccc(CCCOC(=O)C(=C)COC)cc2F)c(F)c1. The van der Waals surface area contributed by atoms with Gasteiger partial charge in [0.25, 0.3) is 0 Å². The first kappa shape index (κ1) is 26.9. The highest BCUT2D eigenvalue weighted by molar-refractivity contribution is 5.88. The number of carbonyl (C=O) groups is 2. The van der Waals surface area contributed by atoms with E-state index in [1.807, 2.05) is 0 Å². The van der Waals surface area contributed by atoms with E-state index in [0.29, 0.717) is 36.8 Å². The van der Waals surface area contributed by atoms with Gasteiger partial charge in [0.2, 0.25) is 0 Å². The topological polar surface area (TPSA) is 61.8 Å². The van der Waals surface area contributed by atoms with E-state index in [1.54, 1.807) is 31.2 Å². The number of esters is 2. The Morgan fingerprint density at radius 3 is 1.71 bits per heavy atom. The summed E-state index contributed by atoms with van der Waals surface area (Å²) in [4.78, 5) is 23.0. The third-order valence-electron chi connectivity index (χ3n) is 5.00. The van der Waals surface area contributed by atoms with Crippen molar-refractivity contribution in [2.24, 2.45) is 0 Å².